The van der Waals surface area contributed by atoms with E-state index >= 15 is 0 Å². The monoisotopic (exact) mass is 513 g/mol. The molecule has 0 fully saturated rings. The van der Waals surface area contributed by atoms with Gasteiger partial charge in [-0.1, -0.05) is 12.1 Å². The highest BCUT2D eigenvalue weighted by atomic mass is 19.4. The lowest BCUT2D eigenvalue weighted by molar-refractivity contribution is -0.192. The number of carboxylic acid groups (broad SMARTS) is 1. The average Bonchev–Trinajstić information content (AvgIpc) is 3.59. The molecule has 0 spiro atoms. The van der Waals surface area contributed by atoms with Crippen LogP contribution in [0.1, 0.15) is 11.3 Å². The molecule has 0 unspecified atom stereocenters. The number of nitrogens with one attached hydrogen (secondary N) is 1. The number of rotatable bonds is 3. The molecule has 3 N–H and O–H groups in total. The van der Waals surface area contributed by atoms with Crippen LogP contribution in [0.3, 0.4) is 0 Å². The Morgan fingerprint density at radius 2 is 2.00 bits per heavy atom. The first kappa shape index (κ1) is 24.5. The number of fused-ring (bicyclic) bond motifs is 3. The molecule has 0 aliphatic carbocycles. The van der Waals surface area contributed by atoms with E-state index < -0.39 is 12.1 Å². The van der Waals surface area contributed by atoms with Gasteiger partial charge in [0.15, 0.2) is 0 Å². The fourth-order valence-electron chi connectivity index (χ4n) is 4.64. The van der Waals surface area contributed by atoms with E-state index in [1.165, 1.54) is 0 Å². The third-order valence-corrected chi connectivity index (χ3v) is 6.20. The minimum atomic E-state index is -5.08. The van der Waals surface area contributed by atoms with Crippen LogP contribution in [-0.2, 0) is 24.6 Å². The number of aryl methyl sites for hydroxylation is 1. The third kappa shape index (κ3) is 4.34. The van der Waals surface area contributed by atoms with Gasteiger partial charge in [0, 0.05) is 47.4 Å². The molecule has 4 aromatic heterocycles. The largest absolute Gasteiger partial charge is 0.490 e. The van der Waals surface area contributed by atoms with E-state index in [-0.39, 0.29) is 6.73 Å². The summed E-state index contributed by atoms with van der Waals surface area (Å²) < 4.78 is 41.5. The number of hydrogen-bond donors (Lipinski definition) is 3. The van der Waals surface area contributed by atoms with Crippen LogP contribution >= 0.6 is 0 Å². The van der Waals surface area contributed by atoms with Crippen LogP contribution in [0.5, 0.6) is 0 Å². The summed E-state index contributed by atoms with van der Waals surface area (Å²) in [4.78, 5) is 13.4. The molecule has 5 aromatic rings. The maximum atomic E-state index is 10.6. The van der Waals surface area contributed by atoms with Gasteiger partial charge in [0.05, 0.1) is 18.5 Å². The number of benzene rings is 1. The summed E-state index contributed by atoms with van der Waals surface area (Å²) in [7, 11) is 0. The zero-order chi connectivity index (χ0) is 26.3. The summed E-state index contributed by atoms with van der Waals surface area (Å²) in [5.41, 5.74) is 7.92. The van der Waals surface area contributed by atoms with Gasteiger partial charge < -0.3 is 24.5 Å². The number of alkyl halides is 3. The number of aliphatic carboxylic acids is 1. The van der Waals surface area contributed by atoms with E-state index in [0.29, 0.717) is 0 Å². The number of aliphatic hydroxyl groups is 1. The molecule has 0 saturated carbocycles. The molecule has 0 saturated heterocycles. The lowest BCUT2D eigenvalue weighted by Gasteiger charge is -2.16. The number of furan rings is 1. The molecule has 0 amide bonds. The van der Waals surface area contributed by atoms with Crippen molar-refractivity contribution in [2.45, 2.75) is 32.9 Å². The smallest absolute Gasteiger partial charge is 0.475 e. The van der Waals surface area contributed by atoms with Gasteiger partial charge in [0.1, 0.15) is 23.7 Å². The molecule has 1 aliphatic heterocycles. The van der Waals surface area contributed by atoms with Crippen molar-refractivity contribution >= 4 is 28.0 Å². The van der Waals surface area contributed by atoms with E-state index in [1.807, 2.05) is 18.3 Å². The second-order valence-corrected chi connectivity index (χ2v) is 8.50. The number of para-hydroxylation sites is 1. The SMILES string of the molecule is Cc1cn(CO)c2nccc(-c3c(-c4cccc5ccoc45)nn4c3CNCC4)c12.O=C(O)C(F)(F)F. The highest BCUT2D eigenvalue weighted by Gasteiger charge is 2.38. The molecule has 0 radical (unpaired) electrons. The fourth-order valence-corrected chi connectivity index (χ4v) is 4.64. The number of carbonyl (C=O) groups is 1. The van der Waals surface area contributed by atoms with Crippen LogP contribution in [0.25, 0.3) is 44.4 Å². The van der Waals surface area contributed by atoms with Crippen molar-refractivity contribution < 1.29 is 32.6 Å². The minimum Gasteiger partial charge on any atom is -0.475 e. The van der Waals surface area contributed by atoms with Crippen molar-refractivity contribution in [2.24, 2.45) is 0 Å². The van der Waals surface area contributed by atoms with Gasteiger partial charge in [-0.25, -0.2) is 9.78 Å². The van der Waals surface area contributed by atoms with Gasteiger partial charge in [-0.3, -0.25) is 4.68 Å². The highest BCUT2D eigenvalue weighted by molar-refractivity contribution is 6.03. The molecule has 12 heteroatoms. The number of halogens is 3. The van der Waals surface area contributed by atoms with E-state index in [9.17, 15) is 18.3 Å². The quantitative estimate of drug-likeness (QED) is 0.329. The Morgan fingerprint density at radius 1 is 1.22 bits per heavy atom. The number of carboxylic acids is 1. The Labute approximate surface area is 207 Å². The van der Waals surface area contributed by atoms with Crippen molar-refractivity contribution in [3.8, 4) is 22.4 Å². The highest BCUT2D eigenvalue weighted by Crippen LogP contribution is 2.42. The Bertz CT molecular complexity index is 1620. The maximum Gasteiger partial charge on any atom is 0.490 e. The first-order chi connectivity index (χ1) is 17.7. The Hall–Kier alpha value is -4.16. The van der Waals surface area contributed by atoms with Crippen LogP contribution in [0, 0.1) is 6.92 Å². The molecule has 6 rings (SSSR count). The zero-order valence-corrected chi connectivity index (χ0v) is 19.6. The first-order valence-electron chi connectivity index (χ1n) is 11.3. The summed E-state index contributed by atoms with van der Waals surface area (Å²) in [6, 6.07) is 10.2. The molecule has 0 atom stereocenters. The number of aliphatic hydroxyl groups excluding tert-OH is 1. The Morgan fingerprint density at radius 3 is 2.73 bits per heavy atom. The van der Waals surface area contributed by atoms with Crippen molar-refractivity contribution in [2.75, 3.05) is 6.54 Å². The van der Waals surface area contributed by atoms with E-state index in [2.05, 4.69) is 40.1 Å². The van der Waals surface area contributed by atoms with Gasteiger partial charge in [0.25, 0.3) is 0 Å². The molecule has 1 aromatic carbocycles. The molecule has 9 nitrogen and oxygen atoms in total. The second kappa shape index (κ2) is 9.37. The third-order valence-electron chi connectivity index (χ3n) is 6.20. The summed E-state index contributed by atoms with van der Waals surface area (Å²) in [5.74, 6) is -2.76. The Kier molecular flexibility index (Phi) is 6.21. The molecular formula is C25H22F3N5O4. The number of nitrogens with zero attached hydrogens (tertiary/aromatic N) is 4. The second-order valence-electron chi connectivity index (χ2n) is 8.50. The van der Waals surface area contributed by atoms with Crippen molar-refractivity contribution in [3.63, 3.8) is 0 Å². The van der Waals surface area contributed by atoms with E-state index in [0.717, 1.165) is 75.3 Å². The van der Waals surface area contributed by atoms with Crippen LogP contribution < -0.4 is 5.32 Å². The van der Waals surface area contributed by atoms with Crippen LogP contribution in [-0.4, -0.2) is 48.2 Å². The zero-order valence-electron chi connectivity index (χ0n) is 19.6. The topological polar surface area (TPSA) is 118 Å². The summed E-state index contributed by atoms with van der Waals surface area (Å²) in [6.45, 7) is 4.42. The molecular weight excluding hydrogens is 491 g/mol. The Balaban J connectivity index is 0.000000355. The van der Waals surface area contributed by atoms with E-state index in [1.54, 1.807) is 17.0 Å². The maximum absolute atomic E-state index is 10.6. The molecule has 5 heterocycles. The minimum absolute atomic E-state index is 0.104. The van der Waals surface area contributed by atoms with Crippen molar-refractivity contribution in [1.82, 2.24) is 24.6 Å². The standard InChI is InChI=1S/C23H21N5O2.C2HF3O2/c1-14-12-27(13-29)23-19(14)16(5-7-25-23)20-18-11-24-8-9-28(18)26-21(20)17-4-2-3-15-6-10-30-22(15)17;3-2(4,5)1(6)7/h2-7,10,12,24,29H,8-9,11,13H2,1H3;(H,6,7). The van der Waals surface area contributed by atoms with Crippen LogP contribution in [0.15, 0.2) is 53.4 Å². The lowest BCUT2D eigenvalue weighted by atomic mass is 9.95. The van der Waals surface area contributed by atoms with Crippen molar-refractivity contribution in [1.29, 1.82) is 0 Å². The number of pyridine rings is 1. The molecule has 192 valence electrons. The first-order valence-corrected chi connectivity index (χ1v) is 11.3. The van der Waals surface area contributed by atoms with Gasteiger partial charge in [-0.15, -0.1) is 0 Å². The predicted molar refractivity (Wildman–Crippen MR) is 129 cm³/mol. The number of aromatic nitrogens is 4. The van der Waals surface area contributed by atoms with Gasteiger partial charge in [-0.05, 0) is 36.2 Å². The normalized spacial score (nSPS) is 13.4. The molecule has 1 aliphatic rings. The van der Waals surface area contributed by atoms with Crippen LogP contribution in [0.4, 0.5) is 13.2 Å². The van der Waals surface area contributed by atoms with Crippen LogP contribution in [0.2, 0.25) is 0 Å². The molecule has 37 heavy (non-hydrogen) atoms. The number of hydrogen-bond acceptors (Lipinski definition) is 6. The summed E-state index contributed by atoms with van der Waals surface area (Å²) in [5, 5.41) is 27.5. The molecule has 0 bridgehead atoms. The van der Waals surface area contributed by atoms with Gasteiger partial charge >= 0.3 is 12.1 Å². The van der Waals surface area contributed by atoms with Gasteiger partial charge in [0.2, 0.25) is 0 Å². The lowest BCUT2D eigenvalue weighted by Crippen LogP contribution is -2.28. The predicted octanol–water partition coefficient (Wildman–Crippen LogP) is 4.31. The summed E-state index contributed by atoms with van der Waals surface area (Å²) >= 11 is 0. The summed E-state index contributed by atoms with van der Waals surface area (Å²) in [6.07, 6.45) is 0.394. The van der Waals surface area contributed by atoms with E-state index in [4.69, 9.17) is 19.4 Å². The van der Waals surface area contributed by atoms with Crippen molar-refractivity contribution in [3.05, 3.63) is 60.2 Å². The fraction of sp³-hybridized carbons (Fsp3) is 0.240. The van der Waals surface area contributed by atoms with Gasteiger partial charge in [-0.2, -0.15) is 18.3 Å². The average molecular weight is 513 g/mol.